The molecule has 0 spiro atoms. The molecule has 0 unspecified atom stereocenters. The van der Waals surface area contributed by atoms with Crippen molar-refractivity contribution >= 4 is 29.7 Å². The maximum Gasteiger partial charge on any atom is 0.309 e. The number of rotatable bonds is 10. The van der Waals surface area contributed by atoms with E-state index >= 15 is 0 Å². The van der Waals surface area contributed by atoms with E-state index in [1.165, 1.54) is 5.56 Å². The fraction of sp³-hybridized carbons (Fsp3) is 0.250. The van der Waals surface area contributed by atoms with E-state index in [1.807, 2.05) is 79.7 Å². The molecule has 0 aliphatic carbocycles. The number of carboxylic acids is 1. The Morgan fingerprint density at radius 2 is 1.76 bits per heavy atom. The first-order valence-corrected chi connectivity index (χ1v) is 11.2. The van der Waals surface area contributed by atoms with Gasteiger partial charge in [-0.3, -0.25) is 9.59 Å². The van der Waals surface area contributed by atoms with Gasteiger partial charge < -0.3 is 15.2 Å². The number of aliphatic carboxylic acids is 1. The molecule has 0 aliphatic heterocycles. The van der Waals surface area contributed by atoms with Gasteiger partial charge in [0, 0.05) is 12.1 Å². The number of nitrogens with zero attached hydrogens (tertiary/aromatic N) is 1. The smallest absolute Gasteiger partial charge is 0.309 e. The predicted octanol–water partition coefficient (Wildman–Crippen LogP) is 5.97. The molecule has 6 nitrogen and oxygen atoms in total. The number of aromatic nitrogens is 1. The largest absolute Gasteiger partial charge is 0.487 e. The highest BCUT2D eigenvalue weighted by atomic mass is 16.5. The van der Waals surface area contributed by atoms with Crippen LogP contribution in [0.25, 0.3) is 12.2 Å². The summed E-state index contributed by atoms with van der Waals surface area (Å²) >= 11 is 0. The van der Waals surface area contributed by atoms with Crippen LogP contribution in [0.2, 0.25) is 0 Å². The second-order valence-electron chi connectivity index (χ2n) is 8.85. The summed E-state index contributed by atoms with van der Waals surface area (Å²) in [4.78, 5) is 28.1. The SMILES string of the molecule is Cc1ccc(OCc2cccc(/C=C/c3cccc(NC(=O)CCC(C)(C)C(=O)O)c3)n2)cc1. The quantitative estimate of drug-likeness (QED) is 0.391. The van der Waals surface area contributed by atoms with Crippen LogP contribution in [0.3, 0.4) is 0 Å². The minimum absolute atomic E-state index is 0.140. The Labute approximate surface area is 200 Å². The average molecular weight is 459 g/mol. The number of hydrogen-bond acceptors (Lipinski definition) is 4. The number of aryl methyl sites for hydroxylation is 1. The van der Waals surface area contributed by atoms with Gasteiger partial charge in [-0.2, -0.15) is 0 Å². The average Bonchev–Trinajstić information content (AvgIpc) is 2.82. The standard InChI is InChI=1S/C28H30N2O4/c1-20-10-14-25(15-11-20)34-19-24-9-5-7-22(29-24)13-12-21-6-4-8-23(18-21)30-26(31)16-17-28(2,3)27(32)33/h4-15,18H,16-17,19H2,1-3H3,(H,30,31)(H,32,33)/b13-12+. The monoisotopic (exact) mass is 458 g/mol. The molecule has 1 amide bonds. The van der Waals surface area contributed by atoms with Crippen molar-refractivity contribution in [2.24, 2.45) is 5.41 Å². The van der Waals surface area contributed by atoms with Crippen LogP contribution in [0.5, 0.6) is 5.75 Å². The van der Waals surface area contributed by atoms with E-state index in [9.17, 15) is 14.7 Å². The van der Waals surface area contributed by atoms with E-state index in [2.05, 4.69) is 10.3 Å². The molecule has 0 bridgehead atoms. The zero-order valence-corrected chi connectivity index (χ0v) is 19.7. The lowest BCUT2D eigenvalue weighted by Gasteiger charge is -2.18. The molecule has 1 heterocycles. The number of anilines is 1. The third-order valence-electron chi connectivity index (χ3n) is 5.41. The van der Waals surface area contributed by atoms with Crippen molar-refractivity contribution in [1.82, 2.24) is 4.98 Å². The maximum atomic E-state index is 12.2. The highest BCUT2D eigenvalue weighted by Crippen LogP contribution is 2.23. The number of benzene rings is 2. The van der Waals surface area contributed by atoms with Crippen LogP contribution in [0.15, 0.2) is 66.7 Å². The first-order chi connectivity index (χ1) is 16.2. The van der Waals surface area contributed by atoms with Crippen molar-refractivity contribution < 1.29 is 19.4 Å². The first-order valence-electron chi connectivity index (χ1n) is 11.2. The van der Waals surface area contributed by atoms with Crippen LogP contribution < -0.4 is 10.1 Å². The molecule has 3 aromatic rings. The molecular weight excluding hydrogens is 428 g/mol. The Hall–Kier alpha value is -3.93. The highest BCUT2D eigenvalue weighted by molar-refractivity contribution is 5.91. The van der Waals surface area contributed by atoms with Gasteiger partial charge in [0.25, 0.3) is 0 Å². The van der Waals surface area contributed by atoms with E-state index in [0.717, 1.165) is 22.7 Å². The van der Waals surface area contributed by atoms with Gasteiger partial charge in [0.2, 0.25) is 5.91 Å². The van der Waals surface area contributed by atoms with Gasteiger partial charge >= 0.3 is 5.97 Å². The zero-order valence-electron chi connectivity index (χ0n) is 19.7. The molecule has 34 heavy (non-hydrogen) atoms. The van der Waals surface area contributed by atoms with Crippen LogP contribution in [0.1, 0.15) is 49.2 Å². The fourth-order valence-corrected chi connectivity index (χ4v) is 3.12. The molecular formula is C28H30N2O4. The fourth-order valence-electron chi connectivity index (χ4n) is 3.12. The third-order valence-corrected chi connectivity index (χ3v) is 5.41. The first kappa shape index (κ1) is 24.7. The van der Waals surface area contributed by atoms with Crippen LogP contribution in [0.4, 0.5) is 5.69 Å². The second-order valence-corrected chi connectivity index (χ2v) is 8.85. The molecule has 0 atom stereocenters. The van der Waals surface area contributed by atoms with Crippen molar-refractivity contribution in [3.63, 3.8) is 0 Å². The number of carbonyl (C=O) groups excluding carboxylic acids is 1. The van der Waals surface area contributed by atoms with Crippen LogP contribution in [-0.4, -0.2) is 22.0 Å². The summed E-state index contributed by atoms with van der Waals surface area (Å²) in [5.41, 5.74) is 3.45. The number of pyridine rings is 1. The van der Waals surface area contributed by atoms with Crippen LogP contribution in [-0.2, 0) is 16.2 Å². The number of amides is 1. The lowest BCUT2D eigenvalue weighted by Crippen LogP contribution is -2.25. The van der Waals surface area contributed by atoms with E-state index in [4.69, 9.17) is 4.74 Å². The number of carboxylic acid groups (broad SMARTS) is 1. The van der Waals surface area contributed by atoms with Gasteiger partial charge in [0.05, 0.1) is 16.8 Å². The van der Waals surface area contributed by atoms with Crippen molar-refractivity contribution in [3.8, 4) is 5.75 Å². The van der Waals surface area contributed by atoms with Gasteiger partial charge in [0.15, 0.2) is 0 Å². The molecule has 2 aromatic carbocycles. The summed E-state index contributed by atoms with van der Waals surface area (Å²) < 4.78 is 5.81. The van der Waals surface area contributed by atoms with Gasteiger partial charge in [-0.05, 0) is 75.2 Å². The van der Waals surface area contributed by atoms with Crippen molar-refractivity contribution in [3.05, 3.63) is 89.2 Å². The van der Waals surface area contributed by atoms with Crippen molar-refractivity contribution in [1.29, 1.82) is 0 Å². The topological polar surface area (TPSA) is 88.5 Å². The van der Waals surface area contributed by atoms with Gasteiger partial charge in [-0.25, -0.2) is 4.98 Å². The zero-order chi connectivity index (χ0) is 24.6. The summed E-state index contributed by atoms with van der Waals surface area (Å²) in [5, 5.41) is 12.0. The normalized spacial score (nSPS) is 11.4. The Balaban J connectivity index is 1.58. The second kappa shape index (κ2) is 11.3. The van der Waals surface area contributed by atoms with Crippen molar-refractivity contribution in [2.45, 2.75) is 40.2 Å². The summed E-state index contributed by atoms with van der Waals surface area (Å²) in [6.45, 7) is 5.65. The highest BCUT2D eigenvalue weighted by Gasteiger charge is 2.27. The van der Waals surface area contributed by atoms with Gasteiger partial charge in [-0.15, -0.1) is 0 Å². The lowest BCUT2D eigenvalue weighted by molar-refractivity contribution is -0.147. The molecule has 3 rings (SSSR count). The number of hydrogen-bond donors (Lipinski definition) is 2. The number of ether oxygens (including phenoxy) is 1. The Bertz CT molecular complexity index is 1170. The van der Waals surface area contributed by atoms with Crippen molar-refractivity contribution in [2.75, 3.05) is 5.32 Å². The summed E-state index contributed by atoms with van der Waals surface area (Å²) in [6, 6.07) is 21.1. The summed E-state index contributed by atoms with van der Waals surface area (Å²) in [5.74, 6) is -0.316. The van der Waals surface area contributed by atoms with Crippen LogP contribution in [0, 0.1) is 12.3 Å². The molecule has 0 saturated carbocycles. The van der Waals surface area contributed by atoms with E-state index in [-0.39, 0.29) is 18.7 Å². The summed E-state index contributed by atoms with van der Waals surface area (Å²) in [6.07, 6.45) is 4.24. The minimum atomic E-state index is -0.936. The molecule has 6 heteroatoms. The van der Waals surface area contributed by atoms with Gasteiger partial charge in [0.1, 0.15) is 12.4 Å². The molecule has 2 N–H and O–H groups in total. The Kier molecular flexibility index (Phi) is 8.19. The molecule has 0 saturated heterocycles. The van der Waals surface area contributed by atoms with E-state index in [0.29, 0.717) is 12.3 Å². The molecule has 0 aliphatic rings. The Morgan fingerprint density at radius 3 is 2.50 bits per heavy atom. The van der Waals surface area contributed by atoms with E-state index < -0.39 is 11.4 Å². The number of carbonyl (C=O) groups is 2. The molecule has 0 fully saturated rings. The number of nitrogens with one attached hydrogen (secondary N) is 1. The van der Waals surface area contributed by atoms with E-state index in [1.54, 1.807) is 19.9 Å². The third kappa shape index (κ3) is 7.59. The van der Waals surface area contributed by atoms with Gasteiger partial charge in [-0.1, -0.05) is 42.0 Å². The molecule has 0 radical (unpaired) electrons. The molecule has 1 aromatic heterocycles. The minimum Gasteiger partial charge on any atom is -0.487 e. The maximum absolute atomic E-state index is 12.2. The molecule has 176 valence electrons. The summed E-state index contributed by atoms with van der Waals surface area (Å²) in [7, 11) is 0. The Morgan fingerprint density at radius 1 is 1.03 bits per heavy atom. The predicted molar refractivity (Wildman–Crippen MR) is 134 cm³/mol. The lowest BCUT2D eigenvalue weighted by atomic mass is 9.88. The van der Waals surface area contributed by atoms with Crippen LogP contribution >= 0.6 is 0 Å².